The van der Waals surface area contributed by atoms with E-state index in [-0.39, 0.29) is 12.2 Å². The number of hydrogen-bond acceptors (Lipinski definition) is 3. The molecule has 1 rings (SSSR count). The van der Waals surface area contributed by atoms with Gasteiger partial charge in [-0.25, -0.2) is 4.79 Å². The molecule has 0 aromatic heterocycles. The van der Waals surface area contributed by atoms with Crippen LogP contribution < -0.4 is 11.1 Å². The van der Waals surface area contributed by atoms with Gasteiger partial charge in [-0.1, -0.05) is 12.2 Å². The van der Waals surface area contributed by atoms with E-state index in [1.807, 2.05) is 0 Å². The number of allylic oxidation sites excluding steroid dienone is 2. The lowest BCUT2D eigenvalue weighted by molar-refractivity contribution is 0.0866. The van der Waals surface area contributed by atoms with E-state index in [2.05, 4.69) is 17.5 Å². The SMILES string of the molecule is NCCNC(=O)OC1CC/C=C\CCC1. The highest BCUT2D eigenvalue weighted by Gasteiger charge is 2.13. The minimum atomic E-state index is -0.338. The number of alkyl carbamates (subject to hydrolysis) is 1. The van der Waals surface area contributed by atoms with Gasteiger partial charge in [0.25, 0.3) is 0 Å². The van der Waals surface area contributed by atoms with E-state index in [1.54, 1.807) is 0 Å². The lowest BCUT2D eigenvalue weighted by Crippen LogP contribution is -2.32. The number of hydrogen-bond donors (Lipinski definition) is 2. The fourth-order valence-electron chi connectivity index (χ4n) is 1.61. The second kappa shape index (κ2) is 7.29. The van der Waals surface area contributed by atoms with Gasteiger partial charge in [0.05, 0.1) is 0 Å². The van der Waals surface area contributed by atoms with Crippen LogP contribution in [-0.4, -0.2) is 25.3 Å². The molecule has 0 aliphatic heterocycles. The Hall–Kier alpha value is -1.03. The van der Waals surface area contributed by atoms with Crippen LogP contribution >= 0.6 is 0 Å². The highest BCUT2D eigenvalue weighted by atomic mass is 16.6. The van der Waals surface area contributed by atoms with Gasteiger partial charge in [-0.2, -0.15) is 0 Å². The third-order valence-electron chi connectivity index (χ3n) is 2.41. The van der Waals surface area contributed by atoms with E-state index in [0.29, 0.717) is 13.1 Å². The third-order valence-corrected chi connectivity index (χ3v) is 2.41. The first-order valence-corrected chi connectivity index (χ1v) is 5.62. The summed E-state index contributed by atoms with van der Waals surface area (Å²) in [4.78, 5) is 11.3. The van der Waals surface area contributed by atoms with Gasteiger partial charge < -0.3 is 15.8 Å². The highest BCUT2D eigenvalue weighted by molar-refractivity contribution is 5.67. The number of nitrogens with two attached hydrogens (primary N) is 1. The van der Waals surface area contributed by atoms with Crippen molar-refractivity contribution in [3.8, 4) is 0 Å². The molecule has 1 aliphatic carbocycles. The minimum absolute atomic E-state index is 0.0627. The average molecular weight is 212 g/mol. The van der Waals surface area contributed by atoms with Crippen LogP contribution in [0.3, 0.4) is 0 Å². The van der Waals surface area contributed by atoms with Crippen molar-refractivity contribution in [3.63, 3.8) is 0 Å². The summed E-state index contributed by atoms with van der Waals surface area (Å²) in [5.41, 5.74) is 5.28. The van der Waals surface area contributed by atoms with Crippen molar-refractivity contribution in [2.75, 3.05) is 13.1 Å². The summed E-state index contributed by atoms with van der Waals surface area (Å²) >= 11 is 0. The fraction of sp³-hybridized carbons (Fsp3) is 0.727. The predicted octanol–water partition coefficient (Wildman–Crippen LogP) is 1.56. The molecule has 0 saturated carbocycles. The lowest BCUT2D eigenvalue weighted by Gasteiger charge is -2.18. The normalized spacial score (nSPS) is 23.7. The summed E-state index contributed by atoms with van der Waals surface area (Å²) in [6.45, 7) is 0.925. The van der Waals surface area contributed by atoms with E-state index < -0.39 is 0 Å². The maximum Gasteiger partial charge on any atom is 0.407 e. The molecule has 1 unspecified atom stereocenters. The molecule has 4 heteroatoms. The van der Waals surface area contributed by atoms with Crippen molar-refractivity contribution in [1.29, 1.82) is 0 Å². The molecule has 0 bridgehead atoms. The molecule has 1 aliphatic rings. The van der Waals surface area contributed by atoms with Gasteiger partial charge in [-0.3, -0.25) is 0 Å². The molecule has 0 saturated heterocycles. The van der Waals surface area contributed by atoms with Crippen molar-refractivity contribution < 1.29 is 9.53 Å². The summed E-state index contributed by atoms with van der Waals surface area (Å²) in [6, 6.07) is 0. The zero-order valence-corrected chi connectivity index (χ0v) is 9.08. The fourth-order valence-corrected chi connectivity index (χ4v) is 1.61. The molecule has 0 fully saturated rings. The molecule has 3 N–H and O–H groups in total. The Kier molecular flexibility index (Phi) is 5.85. The van der Waals surface area contributed by atoms with Crippen LogP contribution in [0.1, 0.15) is 32.1 Å². The van der Waals surface area contributed by atoms with Crippen molar-refractivity contribution >= 4 is 6.09 Å². The summed E-state index contributed by atoms with van der Waals surface area (Å²) < 4.78 is 5.29. The minimum Gasteiger partial charge on any atom is -0.446 e. The molecular formula is C11H20N2O2. The number of carbonyl (C=O) groups is 1. The van der Waals surface area contributed by atoms with Crippen LogP contribution in [0, 0.1) is 0 Å². The summed E-state index contributed by atoms with van der Waals surface area (Å²) in [5.74, 6) is 0. The second-order valence-electron chi connectivity index (χ2n) is 3.72. The van der Waals surface area contributed by atoms with Crippen LogP contribution in [0.4, 0.5) is 4.79 Å². The largest absolute Gasteiger partial charge is 0.446 e. The van der Waals surface area contributed by atoms with E-state index in [4.69, 9.17) is 10.5 Å². The number of ether oxygens (including phenoxy) is 1. The molecule has 0 aromatic rings. The maximum absolute atomic E-state index is 11.3. The molecule has 1 atom stereocenters. The van der Waals surface area contributed by atoms with Gasteiger partial charge in [0.1, 0.15) is 6.10 Å². The lowest BCUT2D eigenvalue weighted by atomic mass is 10.0. The first-order valence-electron chi connectivity index (χ1n) is 5.62. The number of carbonyl (C=O) groups excluding carboxylic acids is 1. The number of amides is 1. The van der Waals surface area contributed by atoms with Gasteiger partial charge in [-0.05, 0) is 32.1 Å². The molecule has 1 amide bonds. The molecule has 15 heavy (non-hydrogen) atoms. The van der Waals surface area contributed by atoms with Crippen LogP contribution in [0.2, 0.25) is 0 Å². The van der Waals surface area contributed by atoms with Gasteiger partial charge in [0, 0.05) is 13.1 Å². The molecule has 0 heterocycles. The van der Waals surface area contributed by atoms with Crippen molar-refractivity contribution in [2.45, 2.75) is 38.2 Å². The zero-order chi connectivity index (χ0) is 10.9. The van der Waals surface area contributed by atoms with Crippen molar-refractivity contribution in [2.24, 2.45) is 5.73 Å². The van der Waals surface area contributed by atoms with E-state index in [9.17, 15) is 4.79 Å². The van der Waals surface area contributed by atoms with Crippen LogP contribution in [0.5, 0.6) is 0 Å². The topological polar surface area (TPSA) is 64.3 Å². The summed E-state index contributed by atoms with van der Waals surface area (Å²) in [6.07, 6.45) is 9.14. The molecule has 0 radical (unpaired) electrons. The molecule has 86 valence electrons. The van der Waals surface area contributed by atoms with Gasteiger partial charge in [-0.15, -0.1) is 0 Å². The Morgan fingerprint density at radius 1 is 1.40 bits per heavy atom. The Balaban J connectivity index is 2.23. The Bertz CT molecular complexity index is 217. The average Bonchev–Trinajstić information content (AvgIpc) is 2.19. The first kappa shape index (κ1) is 12.0. The number of rotatable bonds is 3. The van der Waals surface area contributed by atoms with E-state index in [0.717, 1.165) is 32.1 Å². The second-order valence-corrected chi connectivity index (χ2v) is 3.72. The van der Waals surface area contributed by atoms with E-state index in [1.165, 1.54) is 0 Å². The smallest absolute Gasteiger partial charge is 0.407 e. The zero-order valence-electron chi connectivity index (χ0n) is 9.08. The quantitative estimate of drug-likeness (QED) is 0.698. The van der Waals surface area contributed by atoms with Crippen molar-refractivity contribution in [3.05, 3.63) is 12.2 Å². The van der Waals surface area contributed by atoms with Gasteiger partial charge in [0.2, 0.25) is 0 Å². The summed E-state index contributed by atoms with van der Waals surface area (Å²) in [5, 5.41) is 2.61. The molecule has 4 nitrogen and oxygen atoms in total. The number of nitrogens with one attached hydrogen (secondary N) is 1. The van der Waals surface area contributed by atoms with Crippen molar-refractivity contribution in [1.82, 2.24) is 5.32 Å². The first-order chi connectivity index (χ1) is 7.33. The Morgan fingerprint density at radius 2 is 2.20 bits per heavy atom. The van der Waals surface area contributed by atoms with Crippen LogP contribution in [-0.2, 0) is 4.74 Å². The van der Waals surface area contributed by atoms with E-state index >= 15 is 0 Å². The molecular weight excluding hydrogens is 192 g/mol. The predicted molar refractivity (Wildman–Crippen MR) is 59.6 cm³/mol. The van der Waals surface area contributed by atoms with Crippen LogP contribution in [0.25, 0.3) is 0 Å². The summed E-state index contributed by atoms with van der Waals surface area (Å²) in [7, 11) is 0. The third kappa shape index (κ3) is 5.42. The Morgan fingerprint density at radius 3 is 3.00 bits per heavy atom. The van der Waals surface area contributed by atoms with Gasteiger partial charge in [0.15, 0.2) is 0 Å². The molecule has 0 aromatic carbocycles. The standard InChI is InChI=1S/C11H20N2O2/c12-8-9-13-11(14)15-10-6-4-2-1-3-5-7-10/h1-2,10H,3-9,12H2,(H,13,14)/b2-1-. The molecule has 0 spiro atoms. The monoisotopic (exact) mass is 212 g/mol. The van der Waals surface area contributed by atoms with Crippen LogP contribution in [0.15, 0.2) is 12.2 Å². The van der Waals surface area contributed by atoms with Gasteiger partial charge >= 0.3 is 6.09 Å². The highest BCUT2D eigenvalue weighted by Crippen LogP contribution is 2.15. The maximum atomic E-state index is 11.3. The Labute approximate surface area is 90.9 Å².